The van der Waals surface area contributed by atoms with Gasteiger partial charge in [-0.3, -0.25) is 4.79 Å². The van der Waals surface area contributed by atoms with Gasteiger partial charge >= 0.3 is 6.18 Å². The quantitative estimate of drug-likeness (QED) is 0.658. The zero-order chi connectivity index (χ0) is 20.3. The molecule has 0 unspecified atom stereocenters. The molecular weight excluding hydrogens is 391 g/mol. The average molecular weight is 408 g/mol. The molecule has 0 fully saturated rings. The van der Waals surface area contributed by atoms with Crippen LogP contribution in [0.15, 0.2) is 54.7 Å². The molecule has 0 aliphatic rings. The Kier molecular flexibility index (Phi) is 5.74. The smallest absolute Gasteiger partial charge is 0.352 e. The maximum atomic E-state index is 13.6. The fourth-order valence-electron chi connectivity index (χ4n) is 2.87. The maximum absolute atomic E-state index is 13.6. The van der Waals surface area contributed by atoms with Crippen LogP contribution in [0, 0.1) is 6.92 Å². The van der Waals surface area contributed by atoms with Gasteiger partial charge in [-0.25, -0.2) is 4.68 Å². The highest BCUT2D eigenvalue weighted by molar-refractivity contribution is 6.30. The van der Waals surface area contributed by atoms with Gasteiger partial charge < -0.3 is 5.32 Å². The first-order valence-corrected chi connectivity index (χ1v) is 8.88. The predicted octanol–water partition coefficient (Wildman–Crippen LogP) is 4.83. The van der Waals surface area contributed by atoms with E-state index in [1.54, 1.807) is 6.07 Å². The van der Waals surface area contributed by atoms with Crippen LogP contribution in [-0.4, -0.2) is 22.2 Å². The lowest BCUT2D eigenvalue weighted by molar-refractivity contribution is -0.143. The lowest BCUT2D eigenvalue weighted by Gasteiger charge is -2.13. The van der Waals surface area contributed by atoms with Crippen LogP contribution in [0.2, 0.25) is 5.02 Å². The largest absolute Gasteiger partial charge is 0.434 e. The van der Waals surface area contributed by atoms with Gasteiger partial charge in [-0.2, -0.15) is 18.3 Å². The maximum Gasteiger partial charge on any atom is 0.434 e. The van der Waals surface area contributed by atoms with Gasteiger partial charge in [0, 0.05) is 11.6 Å². The van der Waals surface area contributed by atoms with Crippen molar-refractivity contribution in [3.05, 3.63) is 82.1 Å². The SMILES string of the molecule is Cc1cccc(CCNC(=O)c2cnn(-c3cccc(Cl)c3)c2C(F)(F)F)c1. The molecule has 0 radical (unpaired) electrons. The molecule has 1 aromatic heterocycles. The van der Waals surface area contributed by atoms with E-state index >= 15 is 0 Å². The van der Waals surface area contributed by atoms with Crippen LogP contribution in [-0.2, 0) is 12.6 Å². The Morgan fingerprint density at radius 1 is 1.18 bits per heavy atom. The minimum absolute atomic E-state index is 0.124. The molecule has 0 bridgehead atoms. The van der Waals surface area contributed by atoms with Crippen molar-refractivity contribution in [3.63, 3.8) is 0 Å². The van der Waals surface area contributed by atoms with Gasteiger partial charge in [-0.1, -0.05) is 47.5 Å². The number of alkyl halides is 3. The van der Waals surface area contributed by atoms with Gasteiger partial charge in [0.2, 0.25) is 0 Å². The second-order valence-corrected chi connectivity index (χ2v) is 6.73. The highest BCUT2D eigenvalue weighted by Crippen LogP contribution is 2.34. The summed E-state index contributed by atoms with van der Waals surface area (Å²) in [5, 5.41) is 6.58. The Balaban J connectivity index is 1.82. The monoisotopic (exact) mass is 407 g/mol. The first-order valence-electron chi connectivity index (χ1n) is 8.50. The van der Waals surface area contributed by atoms with Gasteiger partial charge in [0.1, 0.15) is 0 Å². The van der Waals surface area contributed by atoms with E-state index in [9.17, 15) is 18.0 Å². The molecule has 28 heavy (non-hydrogen) atoms. The number of halogens is 4. The van der Waals surface area contributed by atoms with Crippen molar-refractivity contribution in [2.45, 2.75) is 19.5 Å². The Morgan fingerprint density at radius 3 is 2.61 bits per heavy atom. The molecule has 0 atom stereocenters. The third kappa shape index (κ3) is 4.54. The molecule has 3 aromatic rings. The fraction of sp³-hybridized carbons (Fsp3) is 0.200. The molecule has 3 rings (SSSR count). The third-order valence-electron chi connectivity index (χ3n) is 4.12. The normalized spacial score (nSPS) is 11.5. The highest BCUT2D eigenvalue weighted by atomic mass is 35.5. The van der Waals surface area contributed by atoms with Gasteiger partial charge in [-0.05, 0) is 37.1 Å². The number of hydrogen-bond donors (Lipinski definition) is 1. The van der Waals surface area contributed by atoms with E-state index in [0.29, 0.717) is 11.1 Å². The summed E-state index contributed by atoms with van der Waals surface area (Å²) in [7, 11) is 0. The number of nitrogens with one attached hydrogen (secondary N) is 1. The van der Waals surface area contributed by atoms with Crippen molar-refractivity contribution in [1.82, 2.24) is 15.1 Å². The van der Waals surface area contributed by atoms with Gasteiger partial charge in [0.25, 0.3) is 5.91 Å². The number of amides is 1. The second-order valence-electron chi connectivity index (χ2n) is 6.29. The number of benzene rings is 2. The molecule has 4 nitrogen and oxygen atoms in total. The van der Waals surface area contributed by atoms with E-state index in [1.807, 2.05) is 31.2 Å². The van der Waals surface area contributed by atoms with E-state index in [-0.39, 0.29) is 17.3 Å². The first kappa shape index (κ1) is 19.9. The highest BCUT2D eigenvalue weighted by Gasteiger charge is 2.40. The fourth-order valence-corrected chi connectivity index (χ4v) is 3.06. The Labute approximate surface area is 164 Å². The van der Waals surface area contributed by atoms with Gasteiger partial charge in [-0.15, -0.1) is 0 Å². The minimum atomic E-state index is -4.76. The van der Waals surface area contributed by atoms with Crippen molar-refractivity contribution in [3.8, 4) is 5.69 Å². The summed E-state index contributed by atoms with van der Waals surface area (Å²) >= 11 is 5.87. The molecule has 1 N–H and O–H groups in total. The average Bonchev–Trinajstić information content (AvgIpc) is 3.07. The molecule has 1 heterocycles. The van der Waals surface area contributed by atoms with Crippen LogP contribution in [0.3, 0.4) is 0 Å². The molecule has 0 aliphatic heterocycles. The second kappa shape index (κ2) is 8.06. The Bertz CT molecular complexity index is 998. The van der Waals surface area contributed by atoms with E-state index in [1.165, 1.54) is 18.2 Å². The number of nitrogens with zero attached hydrogens (tertiary/aromatic N) is 2. The molecular formula is C20H17ClF3N3O. The Morgan fingerprint density at radius 2 is 1.93 bits per heavy atom. The lowest BCUT2D eigenvalue weighted by atomic mass is 10.1. The number of aryl methyl sites for hydroxylation is 1. The first-order chi connectivity index (χ1) is 13.3. The number of rotatable bonds is 5. The van der Waals surface area contributed by atoms with Gasteiger partial charge in [0.15, 0.2) is 5.69 Å². The summed E-state index contributed by atoms with van der Waals surface area (Å²) in [5.41, 5.74) is 0.523. The zero-order valence-electron chi connectivity index (χ0n) is 14.9. The number of hydrogen-bond acceptors (Lipinski definition) is 2. The summed E-state index contributed by atoms with van der Waals surface area (Å²) in [4.78, 5) is 12.4. The topological polar surface area (TPSA) is 46.9 Å². The molecule has 0 spiro atoms. The van der Waals surface area contributed by atoms with Crippen molar-refractivity contribution >= 4 is 17.5 Å². The van der Waals surface area contributed by atoms with Crippen LogP contribution in [0.4, 0.5) is 13.2 Å². The van der Waals surface area contributed by atoms with Crippen LogP contribution < -0.4 is 5.32 Å². The number of aromatic nitrogens is 2. The summed E-state index contributed by atoms with van der Waals surface area (Å²) < 4.78 is 41.6. The zero-order valence-corrected chi connectivity index (χ0v) is 15.7. The van der Waals surface area contributed by atoms with Crippen LogP contribution in [0.5, 0.6) is 0 Å². The molecule has 146 valence electrons. The minimum Gasteiger partial charge on any atom is -0.352 e. The third-order valence-corrected chi connectivity index (χ3v) is 4.35. The van der Waals surface area contributed by atoms with Crippen molar-refractivity contribution in [1.29, 1.82) is 0 Å². The summed E-state index contributed by atoms with van der Waals surface area (Å²) in [6, 6.07) is 13.5. The van der Waals surface area contributed by atoms with E-state index in [2.05, 4.69) is 10.4 Å². The van der Waals surface area contributed by atoms with Crippen molar-refractivity contribution in [2.75, 3.05) is 6.54 Å². The molecule has 0 saturated carbocycles. The van der Waals surface area contributed by atoms with E-state index in [4.69, 9.17) is 11.6 Å². The molecule has 0 saturated heterocycles. The molecule has 0 aliphatic carbocycles. The number of carbonyl (C=O) groups excluding carboxylic acids is 1. The van der Waals surface area contributed by atoms with E-state index in [0.717, 1.165) is 17.3 Å². The standard InChI is InChI=1S/C20H17ClF3N3O/c1-13-4-2-5-14(10-13)8-9-25-19(28)17-12-26-27(18(17)20(22,23)24)16-7-3-6-15(21)11-16/h2-7,10-12H,8-9H2,1H3,(H,25,28). The molecule has 1 amide bonds. The lowest BCUT2D eigenvalue weighted by Crippen LogP contribution is -2.28. The van der Waals surface area contributed by atoms with Crippen LogP contribution in [0.25, 0.3) is 5.69 Å². The molecule has 2 aromatic carbocycles. The van der Waals surface area contributed by atoms with Gasteiger partial charge in [0.05, 0.1) is 17.4 Å². The summed E-state index contributed by atoms with van der Waals surface area (Å²) in [6.07, 6.45) is -3.33. The number of carbonyl (C=O) groups is 1. The summed E-state index contributed by atoms with van der Waals surface area (Å²) in [5.74, 6) is -0.826. The molecule has 8 heteroatoms. The predicted molar refractivity (Wildman–Crippen MR) is 101 cm³/mol. The van der Waals surface area contributed by atoms with Crippen molar-refractivity contribution in [2.24, 2.45) is 0 Å². The summed E-state index contributed by atoms with van der Waals surface area (Å²) in [6.45, 7) is 2.16. The van der Waals surface area contributed by atoms with Crippen LogP contribution in [0.1, 0.15) is 27.2 Å². The van der Waals surface area contributed by atoms with Crippen LogP contribution >= 0.6 is 11.6 Å². The van der Waals surface area contributed by atoms with E-state index < -0.39 is 23.3 Å². The Hall–Kier alpha value is -2.80. The van der Waals surface area contributed by atoms with Crippen molar-refractivity contribution < 1.29 is 18.0 Å².